The summed E-state index contributed by atoms with van der Waals surface area (Å²) in [5.74, 6) is -0.282. The molecular weight excluding hydrogens is 341 g/mol. The molecule has 0 saturated heterocycles. The second kappa shape index (κ2) is 7.60. The van der Waals surface area contributed by atoms with Gasteiger partial charge in [0.2, 0.25) is 5.88 Å². The fraction of sp³-hybridized carbons (Fsp3) is 0.538. The molecule has 0 aliphatic heterocycles. The van der Waals surface area contributed by atoms with Crippen LogP contribution in [-0.2, 0) is 11.3 Å². The largest absolute Gasteiger partial charge is 0.522 e. The van der Waals surface area contributed by atoms with Crippen molar-refractivity contribution in [2.45, 2.75) is 44.5 Å². The molecule has 2 amide bonds. The van der Waals surface area contributed by atoms with Gasteiger partial charge in [0, 0.05) is 24.8 Å². The number of alkyl halides is 5. The van der Waals surface area contributed by atoms with E-state index in [1.165, 1.54) is 18.3 Å². The highest BCUT2D eigenvalue weighted by Crippen LogP contribution is 2.30. The Morgan fingerprint density at radius 2 is 2.08 bits per heavy atom. The summed E-state index contributed by atoms with van der Waals surface area (Å²) in [6.45, 7) is -2.99. The Kier molecular flexibility index (Phi) is 5.75. The van der Waals surface area contributed by atoms with Gasteiger partial charge < -0.3 is 15.4 Å². The van der Waals surface area contributed by atoms with Crippen LogP contribution >= 0.6 is 0 Å². The maximum atomic E-state index is 12.1. The number of pyridine rings is 1. The molecule has 1 heterocycles. The second-order valence-corrected chi connectivity index (χ2v) is 5.06. The van der Waals surface area contributed by atoms with Crippen molar-refractivity contribution in [1.29, 1.82) is 0 Å². The summed E-state index contributed by atoms with van der Waals surface area (Å²) in [5, 5.41) is 4.94. The quantitative estimate of drug-likeness (QED) is 0.770. The summed E-state index contributed by atoms with van der Waals surface area (Å²) in [5.41, 5.74) is 0.475. The van der Waals surface area contributed by atoms with Crippen LogP contribution in [0.1, 0.15) is 18.4 Å². The third-order valence-corrected chi connectivity index (χ3v) is 3.19. The van der Waals surface area contributed by atoms with Crippen molar-refractivity contribution in [3.05, 3.63) is 23.9 Å². The molecule has 24 heavy (non-hydrogen) atoms. The Morgan fingerprint density at radius 3 is 2.71 bits per heavy atom. The molecule has 11 heteroatoms. The molecule has 0 spiro atoms. The Hall–Kier alpha value is -2.17. The smallest absolute Gasteiger partial charge is 0.417 e. The van der Waals surface area contributed by atoms with Crippen LogP contribution in [0.3, 0.4) is 0 Å². The molecule has 1 aromatic rings. The van der Waals surface area contributed by atoms with Gasteiger partial charge in [0.1, 0.15) is 0 Å². The molecule has 0 radical (unpaired) electrons. The molecular formula is C13H14F5N3O3. The molecule has 1 fully saturated rings. The number of rotatable bonds is 6. The lowest BCUT2D eigenvalue weighted by atomic mass is 9.89. The minimum atomic E-state index is -4.68. The highest BCUT2D eigenvalue weighted by molar-refractivity contribution is 5.74. The number of urea groups is 1. The highest BCUT2D eigenvalue weighted by atomic mass is 19.4. The number of carbonyl (C=O) groups is 1. The minimum Gasteiger partial charge on any atom is -0.417 e. The van der Waals surface area contributed by atoms with Crippen molar-refractivity contribution in [3.8, 4) is 5.88 Å². The van der Waals surface area contributed by atoms with Crippen LogP contribution in [0.5, 0.6) is 5.88 Å². The standard InChI is InChI=1S/C13H14F5N3O3/c14-11(15)23-10-3-7(1-2-19-10)6-20-12(22)21-8-4-9(5-8)24-13(16,17)18/h1-3,8-9,11H,4-6H2,(H2,20,21,22). The molecule has 0 atom stereocenters. The number of ether oxygens (including phenoxy) is 2. The van der Waals surface area contributed by atoms with E-state index in [1.54, 1.807) is 0 Å². The first kappa shape index (κ1) is 18.2. The number of nitrogens with one attached hydrogen (secondary N) is 2. The normalized spacial score (nSPS) is 20.4. The zero-order chi connectivity index (χ0) is 17.7. The first-order valence-corrected chi connectivity index (χ1v) is 6.90. The van der Waals surface area contributed by atoms with Gasteiger partial charge in [-0.2, -0.15) is 8.78 Å². The summed E-state index contributed by atoms with van der Waals surface area (Å²) in [4.78, 5) is 15.2. The molecule has 1 aliphatic rings. The van der Waals surface area contributed by atoms with E-state index < -0.39 is 31.2 Å². The second-order valence-electron chi connectivity index (χ2n) is 5.06. The molecule has 6 nitrogen and oxygen atoms in total. The van der Waals surface area contributed by atoms with Gasteiger partial charge in [-0.05, 0) is 24.5 Å². The van der Waals surface area contributed by atoms with E-state index >= 15 is 0 Å². The molecule has 2 rings (SSSR count). The van der Waals surface area contributed by atoms with Crippen LogP contribution in [0.15, 0.2) is 18.3 Å². The fourth-order valence-corrected chi connectivity index (χ4v) is 2.10. The van der Waals surface area contributed by atoms with E-state index in [1.807, 2.05) is 0 Å². The van der Waals surface area contributed by atoms with E-state index in [2.05, 4.69) is 25.1 Å². The third-order valence-electron chi connectivity index (χ3n) is 3.19. The number of hydrogen-bond donors (Lipinski definition) is 2. The van der Waals surface area contributed by atoms with Crippen molar-refractivity contribution in [3.63, 3.8) is 0 Å². The predicted octanol–water partition coefficient (Wildman–Crippen LogP) is 2.55. The predicted molar refractivity (Wildman–Crippen MR) is 70.2 cm³/mol. The maximum Gasteiger partial charge on any atom is 0.522 e. The van der Waals surface area contributed by atoms with Gasteiger partial charge in [-0.25, -0.2) is 9.78 Å². The zero-order valence-electron chi connectivity index (χ0n) is 12.1. The summed E-state index contributed by atoms with van der Waals surface area (Å²) in [6, 6.07) is 1.74. The summed E-state index contributed by atoms with van der Waals surface area (Å²) >= 11 is 0. The van der Waals surface area contributed by atoms with Gasteiger partial charge >= 0.3 is 19.0 Å². The summed E-state index contributed by atoms with van der Waals surface area (Å²) < 4.78 is 67.9. The van der Waals surface area contributed by atoms with Crippen molar-refractivity contribution in [2.75, 3.05) is 0 Å². The lowest BCUT2D eigenvalue weighted by Crippen LogP contribution is -2.51. The number of hydrogen-bond acceptors (Lipinski definition) is 4. The molecule has 0 aromatic carbocycles. The molecule has 134 valence electrons. The van der Waals surface area contributed by atoms with Gasteiger partial charge in [-0.1, -0.05) is 0 Å². The van der Waals surface area contributed by atoms with E-state index in [0.717, 1.165) is 0 Å². The zero-order valence-corrected chi connectivity index (χ0v) is 12.1. The van der Waals surface area contributed by atoms with Gasteiger partial charge in [0.15, 0.2) is 0 Å². The number of carbonyl (C=O) groups excluding carboxylic acids is 1. The summed E-state index contributed by atoms with van der Waals surface area (Å²) in [6.07, 6.45) is -4.26. The molecule has 1 aliphatic carbocycles. The first-order valence-electron chi connectivity index (χ1n) is 6.90. The lowest BCUT2D eigenvalue weighted by molar-refractivity contribution is -0.351. The van der Waals surface area contributed by atoms with Crippen molar-refractivity contribution < 1.29 is 36.2 Å². The number of aromatic nitrogens is 1. The molecule has 0 bridgehead atoms. The minimum absolute atomic E-state index is 0.0170. The van der Waals surface area contributed by atoms with Crippen LogP contribution in [0.4, 0.5) is 26.7 Å². The number of halogens is 5. The number of amides is 2. The average Bonchev–Trinajstić information content (AvgIpc) is 2.41. The van der Waals surface area contributed by atoms with Crippen LogP contribution in [-0.4, -0.2) is 36.1 Å². The molecule has 1 aromatic heterocycles. The topological polar surface area (TPSA) is 72.5 Å². The first-order chi connectivity index (χ1) is 11.2. The third kappa shape index (κ3) is 6.14. The SMILES string of the molecule is O=C(NCc1ccnc(OC(F)F)c1)NC1CC(OC(F)(F)F)C1. The molecule has 0 unspecified atom stereocenters. The number of nitrogens with zero attached hydrogens (tertiary/aromatic N) is 1. The van der Waals surface area contributed by atoms with Crippen LogP contribution in [0.2, 0.25) is 0 Å². The highest BCUT2D eigenvalue weighted by Gasteiger charge is 2.40. The van der Waals surface area contributed by atoms with Crippen LogP contribution in [0, 0.1) is 0 Å². The summed E-state index contributed by atoms with van der Waals surface area (Å²) in [7, 11) is 0. The van der Waals surface area contributed by atoms with Gasteiger partial charge in [0.25, 0.3) is 0 Å². The van der Waals surface area contributed by atoms with Gasteiger partial charge in [-0.3, -0.25) is 4.74 Å². The van der Waals surface area contributed by atoms with E-state index in [-0.39, 0.29) is 25.3 Å². The average molecular weight is 355 g/mol. The monoisotopic (exact) mass is 355 g/mol. The fourth-order valence-electron chi connectivity index (χ4n) is 2.10. The Morgan fingerprint density at radius 1 is 1.38 bits per heavy atom. The van der Waals surface area contributed by atoms with Crippen LogP contribution in [0.25, 0.3) is 0 Å². The van der Waals surface area contributed by atoms with Crippen molar-refractivity contribution in [2.24, 2.45) is 0 Å². The van der Waals surface area contributed by atoms with E-state index in [9.17, 15) is 26.7 Å². The molecule has 2 N–H and O–H groups in total. The molecule has 1 saturated carbocycles. The van der Waals surface area contributed by atoms with E-state index in [4.69, 9.17) is 0 Å². The van der Waals surface area contributed by atoms with Crippen molar-refractivity contribution in [1.82, 2.24) is 15.6 Å². The maximum absolute atomic E-state index is 12.1. The van der Waals surface area contributed by atoms with Crippen LogP contribution < -0.4 is 15.4 Å². The van der Waals surface area contributed by atoms with Gasteiger partial charge in [-0.15, -0.1) is 13.2 Å². The van der Waals surface area contributed by atoms with Crippen molar-refractivity contribution >= 4 is 6.03 Å². The lowest BCUT2D eigenvalue weighted by Gasteiger charge is -2.35. The van der Waals surface area contributed by atoms with Gasteiger partial charge in [0.05, 0.1) is 6.10 Å². The Balaban J connectivity index is 1.69. The Bertz CT molecular complexity index is 564. The Labute approximate surface area is 133 Å². The van der Waals surface area contributed by atoms with E-state index in [0.29, 0.717) is 5.56 Å².